The van der Waals surface area contributed by atoms with E-state index in [1.54, 1.807) is 0 Å². The second kappa shape index (κ2) is 7.61. The van der Waals surface area contributed by atoms with E-state index in [4.69, 9.17) is 0 Å². The van der Waals surface area contributed by atoms with Gasteiger partial charge in [-0.2, -0.15) is 5.21 Å². The van der Waals surface area contributed by atoms with Crippen LogP contribution in [0.25, 0.3) is 0 Å². The predicted molar refractivity (Wildman–Crippen MR) is 97.8 cm³/mol. The fourth-order valence-electron chi connectivity index (χ4n) is 2.53. The standard InChI is InChI=1S/C19H21N5O/c1-3-14-9-11-16(12-10-14)21-18-17(22-24-23-18)19(25)20-13(2)15-7-5-4-6-8-15/h4-13H,3H2,1-2H3,(H,20,25)(H2,21,22,23,24)/t13-/m0/s1. The van der Waals surface area contributed by atoms with Gasteiger partial charge in [-0.1, -0.05) is 49.4 Å². The van der Waals surface area contributed by atoms with Gasteiger partial charge in [0.25, 0.3) is 5.91 Å². The topological polar surface area (TPSA) is 82.7 Å². The van der Waals surface area contributed by atoms with Gasteiger partial charge in [0.05, 0.1) is 6.04 Å². The Bertz CT molecular complexity index is 827. The first kappa shape index (κ1) is 16.7. The molecule has 0 aliphatic rings. The Morgan fingerprint density at radius 1 is 1.08 bits per heavy atom. The number of aromatic amines is 1. The van der Waals surface area contributed by atoms with E-state index in [0.29, 0.717) is 5.82 Å². The van der Waals surface area contributed by atoms with E-state index in [1.165, 1.54) is 5.56 Å². The molecule has 1 heterocycles. The quantitative estimate of drug-likeness (QED) is 0.643. The molecule has 0 fully saturated rings. The van der Waals surface area contributed by atoms with Crippen LogP contribution in [0.3, 0.4) is 0 Å². The van der Waals surface area contributed by atoms with Crippen LogP contribution in [0.4, 0.5) is 11.5 Å². The number of hydrogen-bond donors (Lipinski definition) is 3. The zero-order valence-electron chi connectivity index (χ0n) is 14.3. The Hall–Kier alpha value is -3.15. The molecule has 1 amide bonds. The number of benzene rings is 2. The number of nitrogens with one attached hydrogen (secondary N) is 3. The summed E-state index contributed by atoms with van der Waals surface area (Å²) in [7, 11) is 0. The molecule has 1 atom stereocenters. The highest BCUT2D eigenvalue weighted by atomic mass is 16.2. The summed E-state index contributed by atoms with van der Waals surface area (Å²) in [6.45, 7) is 4.04. The van der Waals surface area contributed by atoms with Crippen molar-refractivity contribution in [2.75, 3.05) is 5.32 Å². The van der Waals surface area contributed by atoms with Crippen molar-refractivity contribution in [1.82, 2.24) is 20.7 Å². The molecule has 6 heteroatoms. The van der Waals surface area contributed by atoms with Gasteiger partial charge >= 0.3 is 0 Å². The van der Waals surface area contributed by atoms with E-state index in [2.05, 4.69) is 33.0 Å². The van der Waals surface area contributed by atoms with Gasteiger partial charge in [-0.25, -0.2) is 0 Å². The molecule has 2 aromatic carbocycles. The third-order valence-corrected chi connectivity index (χ3v) is 4.04. The molecule has 0 unspecified atom stereocenters. The second-order valence-corrected chi connectivity index (χ2v) is 5.80. The number of H-pyrrole nitrogens is 1. The number of anilines is 2. The second-order valence-electron chi connectivity index (χ2n) is 5.80. The molecular formula is C19H21N5O. The number of hydrogen-bond acceptors (Lipinski definition) is 4. The van der Waals surface area contributed by atoms with Crippen molar-refractivity contribution in [3.05, 3.63) is 71.4 Å². The normalized spacial score (nSPS) is 11.8. The Morgan fingerprint density at radius 3 is 2.48 bits per heavy atom. The summed E-state index contributed by atoms with van der Waals surface area (Å²) in [5.41, 5.74) is 3.38. The number of amides is 1. The Kier molecular flexibility index (Phi) is 5.09. The number of nitrogens with zero attached hydrogens (tertiary/aromatic N) is 2. The van der Waals surface area contributed by atoms with Crippen LogP contribution in [0.1, 0.15) is 41.5 Å². The summed E-state index contributed by atoms with van der Waals surface area (Å²) < 4.78 is 0. The zero-order chi connectivity index (χ0) is 17.6. The molecule has 3 N–H and O–H groups in total. The maximum Gasteiger partial charge on any atom is 0.276 e. The van der Waals surface area contributed by atoms with Gasteiger partial charge in [-0.05, 0) is 36.6 Å². The molecule has 0 saturated heterocycles. The van der Waals surface area contributed by atoms with Gasteiger partial charge < -0.3 is 10.6 Å². The van der Waals surface area contributed by atoms with Gasteiger partial charge in [0.1, 0.15) is 0 Å². The molecule has 3 aromatic rings. The number of aromatic nitrogens is 3. The zero-order valence-corrected chi connectivity index (χ0v) is 14.3. The fraction of sp³-hybridized carbons (Fsp3) is 0.211. The minimum Gasteiger partial charge on any atom is -0.344 e. The summed E-state index contributed by atoms with van der Waals surface area (Å²) in [6.07, 6.45) is 0.981. The highest BCUT2D eigenvalue weighted by Gasteiger charge is 2.19. The molecule has 0 saturated carbocycles. The molecular weight excluding hydrogens is 314 g/mol. The lowest BCUT2D eigenvalue weighted by atomic mass is 10.1. The summed E-state index contributed by atoms with van der Waals surface area (Å²) in [5, 5.41) is 16.6. The minimum absolute atomic E-state index is 0.123. The third-order valence-electron chi connectivity index (χ3n) is 4.04. The van der Waals surface area contributed by atoms with E-state index in [9.17, 15) is 4.79 Å². The Morgan fingerprint density at radius 2 is 1.80 bits per heavy atom. The van der Waals surface area contributed by atoms with Crippen molar-refractivity contribution >= 4 is 17.4 Å². The molecule has 1 aromatic heterocycles. The summed E-state index contributed by atoms with van der Waals surface area (Å²) >= 11 is 0. The molecule has 0 aliphatic carbocycles. The van der Waals surface area contributed by atoms with E-state index in [1.807, 2.05) is 61.5 Å². The summed E-state index contributed by atoms with van der Waals surface area (Å²) in [5.74, 6) is 0.125. The predicted octanol–water partition coefficient (Wildman–Crippen LogP) is 3.60. The van der Waals surface area contributed by atoms with Crippen molar-refractivity contribution in [1.29, 1.82) is 0 Å². The van der Waals surface area contributed by atoms with Crippen LogP contribution in [0.2, 0.25) is 0 Å². The van der Waals surface area contributed by atoms with E-state index in [-0.39, 0.29) is 17.6 Å². The molecule has 0 aliphatic heterocycles. The van der Waals surface area contributed by atoms with Gasteiger partial charge in [0, 0.05) is 5.69 Å². The van der Waals surface area contributed by atoms with Crippen LogP contribution in [-0.4, -0.2) is 21.3 Å². The first-order valence-electron chi connectivity index (χ1n) is 8.30. The molecule has 0 bridgehead atoms. The van der Waals surface area contributed by atoms with Crippen LogP contribution < -0.4 is 10.6 Å². The average molecular weight is 335 g/mol. The minimum atomic E-state index is -0.280. The third kappa shape index (κ3) is 4.03. The van der Waals surface area contributed by atoms with Crippen molar-refractivity contribution < 1.29 is 4.79 Å². The van der Waals surface area contributed by atoms with Crippen molar-refractivity contribution in [2.45, 2.75) is 26.3 Å². The smallest absolute Gasteiger partial charge is 0.276 e. The maximum absolute atomic E-state index is 12.5. The summed E-state index contributed by atoms with van der Waals surface area (Å²) in [4.78, 5) is 12.5. The first-order valence-corrected chi connectivity index (χ1v) is 8.30. The molecule has 6 nitrogen and oxygen atoms in total. The highest BCUT2D eigenvalue weighted by Crippen LogP contribution is 2.19. The number of carbonyl (C=O) groups excluding carboxylic acids is 1. The van der Waals surface area contributed by atoms with Gasteiger partial charge in [-0.15, -0.1) is 10.2 Å². The van der Waals surface area contributed by atoms with Gasteiger partial charge in [0.2, 0.25) is 0 Å². The lowest BCUT2D eigenvalue weighted by Gasteiger charge is -2.13. The van der Waals surface area contributed by atoms with Crippen LogP contribution >= 0.6 is 0 Å². The maximum atomic E-state index is 12.5. The largest absolute Gasteiger partial charge is 0.344 e. The van der Waals surface area contributed by atoms with Gasteiger partial charge in [0.15, 0.2) is 11.5 Å². The lowest BCUT2D eigenvalue weighted by Crippen LogP contribution is -2.27. The van der Waals surface area contributed by atoms with E-state index >= 15 is 0 Å². The highest BCUT2D eigenvalue weighted by molar-refractivity contribution is 5.97. The Balaban J connectivity index is 1.70. The summed E-state index contributed by atoms with van der Waals surface area (Å²) in [6, 6.07) is 17.7. The van der Waals surface area contributed by atoms with Crippen LogP contribution in [-0.2, 0) is 6.42 Å². The fourth-order valence-corrected chi connectivity index (χ4v) is 2.53. The Labute approximate surface area is 146 Å². The SMILES string of the molecule is CCc1ccc(Nc2n[nH]nc2C(=O)N[C@@H](C)c2ccccc2)cc1. The molecule has 0 spiro atoms. The average Bonchev–Trinajstić information content (AvgIpc) is 3.11. The van der Waals surface area contributed by atoms with E-state index in [0.717, 1.165) is 17.7 Å². The molecule has 128 valence electrons. The number of rotatable bonds is 6. The van der Waals surface area contributed by atoms with Crippen molar-refractivity contribution in [3.63, 3.8) is 0 Å². The van der Waals surface area contributed by atoms with Crippen LogP contribution in [0.15, 0.2) is 54.6 Å². The lowest BCUT2D eigenvalue weighted by molar-refractivity contribution is 0.0935. The van der Waals surface area contributed by atoms with Crippen molar-refractivity contribution in [2.24, 2.45) is 0 Å². The van der Waals surface area contributed by atoms with Crippen molar-refractivity contribution in [3.8, 4) is 0 Å². The van der Waals surface area contributed by atoms with Crippen LogP contribution in [0, 0.1) is 0 Å². The first-order chi connectivity index (χ1) is 12.2. The number of aryl methyl sites for hydroxylation is 1. The van der Waals surface area contributed by atoms with E-state index < -0.39 is 0 Å². The monoisotopic (exact) mass is 335 g/mol. The van der Waals surface area contributed by atoms with Gasteiger partial charge in [-0.3, -0.25) is 4.79 Å². The molecule has 3 rings (SSSR count). The molecule has 25 heavy (non-hydrogen) atoms. The molecule has 0 radical (unpaired) electrons. The van der Waals surface area contributed by atoms with Crippen LogP contribution in [0.5, 0.6) is 0 Å². The number of carbonyl (C=O) groups is 1.